The first-order valence-corrected chi connectivity index (χ1v) is 7.99. The minimum Gasteiger partial charge on any atom is -0.493 e. The first-order chi connectivity index (χ1) is 12.6. The van der Waals surface area contributed by atoms with Crippen molar-refractivity contribution in [2.45, 2.75) is 19.8 Å². The summed E-state index contributed by atoms with van der Waals surface area (Å²) in [5.74, 6) is 2.44. The van der Waals surface area contributed by atoms with E-state index in [4.69, 9.17) is 18.3 Å². The van der Waals surface area contributed by atoms with Gasteiger partial charge in [-0.2, -0.15) is 0 Å². The largest absolute Gasteiger partial charge is 0.493 e. The molecule has 0 fully saturated rings. The summed E-state index contributed by atoms with van der Waals surface area (Å²) in [5.41, 5.74) is 1.37. The number of nitrogens with zero attached hydrogens (tertiary/aromatic N) is 2. The first kappa shape index (κ1) is 17.5. The van der Waals surface area contributed by atoms with E-state index in [0.717, 1.165) is 5.56 Å². The van der Waals surface area contributed by atoms with E-state index >= 15 is 0 Å². The van der Waals surface area contributed by atoms with Gasteiger partial charge in [-0.15, -0.1) is 10.2 Å². The van der Waals surface area contributed by atoms with E-state index in [1.807, 2.05) is 6.92 Å². The summed E-state index contributed by atoms with van der Waals surface area (Å²) in [5, 5.41) is 10.8. The van der Waals surface area contributed by atoms with Gasteiger partial charge in [0.05, 0.1) is 26.0 Å². The van der Waals surface area contributed by atoms with Crippen LogP contribution in [0.15, 0.2) is 39.4 Å². The summed E-state index contributed by atoms with van der Waals surface area (Å²) in [6, 6.07) is 6.93. The number of carbonyl (C=O) groups is 1. The number of aromatic nitrogens is 2. The number of aryl methyl sites for hydroxylation is 2. The SMILES string of the molecule is COc1ccc(NC(=O)CCc2nnc(-c3ccoc3C)o2)cc1OC. The molecule has 1 amide bonds. The second kappa shape index (κ2) is 7.73. The Morgan fingerprint density at radius 2 is 1.96 bits per heavy atom. The van der Waals surface area contributed by atoms with Gasteiger partial charge < -0.3 is 23.6 Å². The third kappa shape index (κ3) is 3.85. The van der Waals surface area contributed by atoms with Gasteiger partial charge >= 0.3 is 0 Å². The van der Waals surface area contributed by atoms with Gasteiger partial charge in [0.1, 0.15) is 5.76 Å². The van der Waals surface area contributed by atoms with Gasteiger partial charge in [0, 0.05) is 24.6 Å². The van der Waals surface area contributed by atoms with Crippen LogP contribution in [0.1, 0.15) is 18.1 Å². The van der Waals surface area contributed by atoms with Crippen molar-refractivity contribution in [1.29, 1.82) is 0 Å². The smallest absolute Gasteiger partial charge is 0.251 e. The standard InChI is InChI=1S/C18H19N3O5/c1-11-13(8-9-25-11)18-21-20-17(26-18)7-6-16(22)19-12-4-5-14(23-2)15(10-12)24-3/h4-5,8-10H,6-7H2,1-3H3,(H,19,22). The van der Waals surface area contributed by atoms with E-state index in [1.165, 1.54) is 0 Å². The first-order valence-electron chi connectivity index (χ1n) is 7.99. The highest BCUT2D eigenvalue weighted by Gasteiger charge is 2.14. The van der Waals surface area contributed by atoms with Gasteiger partial charge in [0.25, 0.3) is 5.89 Å². The summed E-state index contributed by atoms with van der Waals surface area (Å²) in [4.78, 5) is 12.1. The molecule has 0 atom stereocenters. The van der Waals surface area contributed by atoms with Crippen LogP contribution in [0.4, 0.5) is 5.69 Å². The maximum atomic E-state index is 12.1. The summed E-state index contributed by atoms with van der Waals surface area (Å²) < 4.78 is 21.2. The highest BCUT2D eigenvalue weighted by Crippen LogP contribution is 2.29. The normalized spacial score (nSPS) is 10.6. The molecular weight excluding hydrogens is 338 g/mol. The van der Waals surface area contributed by atoms with Gasteiger partial charge in [0.15, 0.2) is 11.5 Å². The fourth-order valence-electron chi connectivity index (χ4n) is 2.43. The summed E-state index contributed by atoms with van der Waals surface area (Å²) in [7, 11) is 3.10. The van der Waals surface area contributed by atoms with Crippen LogP contribution in [-0.2, 0) is 11.2 Å². The minimum atomic E-state index is -0.170. The van der Waals surface area contributed by atoms with Crippen molar-refractivity contribution in [3.8, 4) is 23.0 Å². The van der Waals surface area contributed by atoms with Crippen LogP contribution in [0.5, 0.6) is 11.5 Å². The van der Waals surface area contributed by atoms with Crippen LogP contribution in [0, 0.1) is 6.92 Å². The Bertz CT molecular complexity index is 900. The third-order valence-electron chi connectivity index (χ3n) is 3.79. The minimum absolute atomic E-state index is 0.170. The number of furan rings is 1. The zero-order valence-corrected chi connectivity index (χ0v) is 14.7. The van der Waals surface area contributed by atoms with Crippen molar-refractivity contribution in [3.05, 3.63) is 42.2 Å². The molecule has 2 aromatic heterocycles. The molecule has 8 nitrogen and oxygen atoms in total. The van der Waals surface area contributed by atoms with Gasteiger partial charge in [0.2, 0.25) is 11.8 Å². The maximum Gasteiger partial charge on any atom is 0.251 e. The predicted octanol–water partition coefficient (Wildman–Crippen LogP) is 3.23. The molecule has 1 aromatic carbocycles. The lowest BCUT2D eigenvalue weighted by atomic mass is 10.2. The Hall–Kier alpha value is -3.29. The number of methoxy groups -OCH3 is 2. The predicted molar refractivity (Wildman–Crippen MR) is 93.2 cm³/mol. The van der Waals surface area contributed by atoms with E-state index < -0.39 is 0 Å². The lowest BCUT2D eigenvalue weighted by molar-refractivity contribution is -0.116. The molecule has 2 heterocycles. The molecular formula is C18H19N3O5. The second-order valence-corrected chi connectivity index (χ2v) is 5.51. The molecule has 8 heteroatoms. The Labute approximate surface area is 150 Å². The van der Waals surface area contributed by atoms with Crippen LogP contribution >= 0.6 is 0 Å². The number of hydrogen-bond donors (Lipinski definition) is 1. The Kier molecular flexibility index (Phi) is 5.21. The number of amides is 1. The molecule has 0 unspecified atom stereocenters. The fourth-order valence-corrected chi connectivity index (χ4v) is 2.43. The van der Waals surface area contributed by atoms with Crippen molar-refractivity contribution in [1.82, 2.24) is 10.2 Å². The summed E-state index contributed by atoms with van der Waals surface area (Å²) >= 11 is 0. The lowest BCUT2D eigenvalue weighted by Gasteiger charge is -2.10. The van der Waals surface area contributed by atoms with E-state index in [-0.39, 0.29) is 12.3 Å². The number of carbonyl (C=O) groups excluding carboxylic acids is 1. The Morgan fingerprint density at radius 3 is 2.65 bits per heavy atom. The molecule has 0 spiro atoms. The number of hydrogen-bond acceptors (Lipinski definition) is 7. The second-order valence-electron chi connectivity index (χ2n) is 5.51. The van der Waals surface area contributed by atoms with E-state index in [1.54, 1.807) is 44.7 Å². The molecule has 3 aromatic rings. The molecule has 0 saturated heterocycles. The van der Waals surface area contributed by atoms with Crippen molar-refractivity contribution in [2.75, 3.05) is 19.5 Å². The zero-order chi connectivity index (χ0) is 18.5. The zero-order valence-electron chi connectivity index (χ0n) is 14.7. The third-order valence-corrected chi connectivity index (χ3v) is 3.79. The number of nitrogens with one attached hydrogen (secondary N) is 1. The molecule has 3 rings (SSSR count). The average molecular weight is 357 g/mol. The van der Waals surface area contributed by atoms with Crippen molar-refractivity contribution >= 4 is 11.6 Å². The highest BCUT2D eigenvalue weighted by atomic mass is 16.5. The van der Waals surface area contributed by atoms with E-state index in [2.05, 4.69) is 15.5 Å². The van der Waals surface area contributed by atoms with E-state index in [9.17, 15) is 4.79 Å². The number of rotatable bonds is 7. The Morgan fingerprint density at radius 1 is 1.15 bits per heavy atom. The maximum absolute atomic E-state index is 12.1. The van der Waals surface area contributed by atoms with Gasteiger partial charge in [-0.1, -0.05) is 0 Å². The van der Waals surface area contributed by atoms with Gasteiger partial charge in [-0.3, -0.25) is 4.79 Å². The van der Waals surface area contributed by atoms with Gasteiger partial charge in [-0.25, -0.2) is 0 Å². The average Bonchev–Trinajstić information content (AvgIpc) is 3.28. The van der Waals surface area contributed by atoms with Crippen molar-refractivity contribution in [2.24, 2.45) is 0 Å². The lowest BCUT2D eigenvalue weighted by Crippen LogP contribution is -2.12. The van der Waals surface area contributed by atoms with Gasteiger partial charge in [-0.05, 0) is 25.1 Å². The molecule has 1 N–H and O–H groups in total. The topological polar surface area (TPSA) is 99.6 Å². The molecule has 0 saturated carbocycles. The van der Waals surface area contributed by atoms with Crippen molar-refractivity contribution in [3.63, 3.8) is 0 Å². The van der Waals surface area contributed by atoms with Crippen molar-refractivity contribution < 1.29 is 23.1 Å². The van der Waals surface area contributed by atoms with Crippen LogP contribution in [0.3, 0.4) is 0 Å². The van der Waals surface area contributed by atoms with Crippen LogP contribution in [0.25, 0.3) is 11.5 Å². The molecule has 26 heavy (non-hydrogen) atoms. The monoisotopic (exact) mass is 357 g/mol. The molecule has 0 radical (unpaired) electrons. The molecule has 0 aliphatic rings. The van der Waals surface area contributed by atoms with Crippen LogP contribution < -0.4 is 14.8 Å². The summed E-state index contributed by atoms with van der Waals surface area (Å²) in [6.45, 7) is 1.82. The quantitative estimate of drug-likeness (QED) is 0.693. The van der Waals surface area contributed by atoms with E-state index in [0.29, 0.717) is 41.1 Å². The molecule has 0 aliphatic carbocycles. The molecule has 136 valence electrons. The molecule has 0 bridgehead atoms. The number of anilines is 1. The van der Waals surface area contributed by atoms with Crippen LogP contribution in [0.2, 0.25) is 0 Å². The number of benzene rings is 1. The summed E-state index contributed by atoms with van der Waals surface area (Å²) in [6.07, 6.45) is 2.11. The Balaban J connectivity index is 1.58. The number of ether oxygens (including phenoxy) is 2. The van der Waals surface area contributed by atoms with Crippen LogP contribution in [-0.4, -0.2) is 30.3 Å². The molecule has 0 aliphatic heterocycles. The highest BCUT2D eigenvalue weighted by molar-refractivity contribution is 5.91. The fraction of sp³-hybridized carbons (Fsp3) is 0.278.